The summed E-state index contributed by atoms with van der Waals surface area (Å²) < 4.78 is 0. The predicted octanol–water partition coefficient (Wildman–Crippen LogP) is 3.52. The third-order valence-electron chi connectivity index (χ3n) is 4.58. The number of aromatic nitrogens is 1. The first-order valence-corrected chi connectivity index (χ1v) is 10.0. The van der Waals surface area contributed by atoms with Crippen LogP contribution in [0.2, 0.25) is 0 Å². The van der Waals surface area contributed by atoms with Gasteiger partial charge in [0.1, 0.15) is 0 Å². The molecule has 0 unspecified atom stereocenters. The predicted molar refractivity (Wildman–Crippen MR) is 108 cm³/mol. The number of carbonyl (C=O) groups excluding carboxylic acids is 2. The fourth-order valence-electron chi connectivity index (χ4n) is 3.11. The third-order valence-corrected chi connectivity index (χ3v) is 5.77. The van der Waals surface area contributed by atoms with E-state index >= 15 is 0 Å². The van der Waals surface area contributed by atoms with Crippen molar-refractivity contribution in [3.63, 3.8) is 0 Å². The van der Waals surface area contributed by atoms with E-state index in [0.29, 0.717) is 25.4 Å². The number of carbonyl (C=O) groups is 2. The average Bonchev–Trinajstić information content (AvgIpc) is 3.21. The van der Waals surface area contributed by atoms with Gasteiger partial charge in [-0.25, -0.2) is 9.78 Å². The zero-order valence-corrected chi connectivity index (χ0v) is 17.0. The molecule has 6 nitrogen and oxygen atoms in total. The van der Waals surface area contributed by atoms with Crippen molar-refractivity contribution in [1.82, 2.24) is 15.2 Å². The summed E-state index contributed by atoms with van der Waals surface area (Å²) in [5.74, 6) is 0.426. The largest absolute Gasteiger partial charge is 0.333 e. The normalized spacial score (nSPS) is 16.9. The number of aryl methyl sites for hydroxylation is 1. The van der Waals surface area contributed by atoms with Gasteiger partial charge in [-0.1, -0.05) is 26.0 Å². The Balaban J connectivity index is 1.56. The molecular weight excluding hydrogens is 360 g/mol. The smallest absolute Gasteiger partial charge is 0.317 e. The van der Waals surface area contributed by atoms with Gasteiger partial charge in [0.2, 0.25) is 5.91 Å². The van der Waals surface area contributed by atoms with Crippen LogP contribution >= 0.6 is 11.3 Å². The Labute approximate surface area is 164 Å². The van der Waals surface area contributed by atoms with Gasteiger partial charge in [0, 0.05) is 37.0 Å². The van der Waals surface area contributed by atoms with Gasteiger partial charge < -0.3 is 15.1 Å². The van der Waals surface area contributed by atoms with Crippen molar-refractivity contribution in [2.75, 3.05) is 18.5 Å². The monoisotopic (exact) mass is 386 g/mol. The summed E-state index contributed by atoms with van der Waals surface area (Å²) in [5, 5.41) is 6.05. The van der Waals surface area contributed by atoms with Gasteiger partial charge in [0.15, 0.2) is 0 Å². The van der Waals surface area contributed by atoms with E-state index in [2.05, 4.69) is 24.1 Å². The van der Waals surface area contributed by atoms with Crippen molar-refractivity contribution >= 4 is 29.0 Å². The molecule has 2 heterocycles. The maximum Gasteiger partial charge on any atom is 0.317 e. The number of hydrogen-bond acceptors (Lipinski definition) is 4. The van der Waals surface area contributed by atoms with Crippen LogP contribution in [0.1, 0.15) is 42.5 Å². The summed E-state index contributed by atoms with van der Waals surface area (Å²) in [6.07, 6.45) is 0.321. The van der Waals surface area contributed by atoms with Gasteiger partial charge >= 0.3 is 6.03 Å². The van der Waals surface area contributed by atoms with Crippen LogP contribution < -0.4 is 10.2 Å². The summed E-state index contributed by atoms with van der Waals surface area (Å²) in [5.41, 5.74) is 2.88. The molecule has 3 rings (SSSR count). The number of nitrogens with zero attached hydrogens (tertiary/aromatic N) is 3. The molecule has 1 aromatic carbocycles. The van der Waals surface area contributed by atoms with E-state index in [-0.39, 0.29) is 18.0 Å². The van der Waals surface area contributed by atoms with Crippen LogP contribution in [0.4, 0.5) is 10.5 Å². The summed E-state index contributed by atoms with van der Waals surface area (Å²) in [7, 11) is 1.75. The van der Waals surface area contributed by atoms with E-state index < -0.39 is 0 Å². The van der Waals surface area contributed by atoms with Crippen molar-refractivity contribution in [1.29, 1.82) is 0 Å². The lowest BCUT2D eigenvalue weighted by molar-refractivity contribution is -0.117. The summed E-state index contributed by atoms with van der Waals surface area (Å²) in [6, 6.07) is 7.49. The van der Waals surface area contributed by atoms with Gasteiger partial charge in [0.05, 0.1) is 23.3 Å². The minimum absolute atomic E-state index is 0.0367. The average molecular weight is 387 g/mol. The minimum Gasteiger partial charge on any atom is -0.333 e. The third kappa shape index (κ3) is 4.66. The topological polar surface area (TPSA) is 65.5 Å². The van der Waals surface area contributed by atoms with E-state index in [0.717, 1.165) is 22.0 Å². The first-order valence-electron chi connectivity index (χ1n) is 9.16. The number of anilines is 1. The molecule has 0 spiro atoms. The number of thiazole rings is 1. The molecule has 1 fully saturated rings. The van der Waals surface area contributed by atoms with E-state index in [1.807, 2.05) is 36.6 Å². The summed E-state index contributed by atoms with van der Waals surface area (Å²) in [4.78, 5) is 32.8. The highest BCUT2D eigenvalue weighted by atomic mass is 32.1. The number of nitrogens with one attached hydrogen (secondary N) is 1. The van der Waals surface area contributed by atoms with E-state index in [1.54, 1.807) is 28.2 Å². The summed E-state index contributed by atoms with van der Waals surface area (Å²) in [6.45, 7) is 7.17. The molecule has 0 bridgehead atoms. The van der Waals surface area contributed by atoms with Gasteiger partial charge in [-0.3, -0.25) is 4.79 Å². The standard InChI is InChI=1S/C20H26N4O2S/c1-13(2)19-21-16(12-27-19)10-23(4)20(26)22-15-9-18(25)24(11-15)17-7-5-6-14(3)8-17/h5-8,12-13,15H,9-11H2,1-4H3,(H,22,26)/t15-/m0/s1. The van der Waals surface area contributed by atoms with Crippen LogP contribution in [0, 0.1) is 6.92 Å². The van der Waals surface area contributed by atoms with E-state index in [4.69, 9.17) is 0 Å². The molecule has 1 aliphatic heterocycles. The van der Waals surface area contributed by atoms with Gasteiger partial charge in [-0.2, -0.15) is 0 Å². The lowest BCUT2D eigenvalue weighted by atomic mass is 10.2. The SMILES string of the molecule is Cc1cccc(N2C[C@@H](NC(=O)N(C)Cc3csc(C(C)C)n3)CC2=O)c1. The Morgan fingerprint density at radius 2 is 2.22 bits per heavy atom. The highest BCUT2D eigenvalue weighted by Gasteiger charge is 2.32. The number of rotatable bonds is 5. The van der Waals surface area contributed by atoms with Crippen molar-refractivity contribution in [3.05, 3.63) is 45.9 Å². The molecule has 2 aromatic rings. The van der Waals surface area contributed by atoms with Crippen molar-refractivity contribution < 1.29 is 9.59 Å². The zero-order valence-electron chi connectivity index (χ0n) is 16.2. The second-order valence-corrected chi connectivity index (χ2v) is 8.27. The number of amides is 3. The Bertz CT molecular complexity index is 833. The maximum atomic E-state index is 12.5. The molecule has 1 N–H and O–H groups in total. The van der Waals surface area contributed by atoms with Crippen molar-refractivity contribution in [3.8, 4) is 0 Å². The Hall–Kier alpha value is -2.41. The van der Waals surface area contributed by atoms with Gasteiger partial charge in [-0.05, 0) is 24.6 Å². The molecule has 0 radical (unpaired) electrons. The molecule has 7 heteroatoms. The first kappa shape index (κ1) is 19.4. The minimum atomic E-state index is -0.186. The molecule has 144 valence electrons. The number of hydrogen-bond donors (Lipinski definition) is 1. The van der Waals surface area contributed by atoms with Crippen LogP contribution in [0.5, 0.6) is 0 Å². The van der Waals surface area contributed by atoms with Gasteiger partial charge in [-0.15, -0.1) is 11.3 Å². The fourth-order valence-corrected chi connectivity index (χ4v) is 3.94. The zero-order chi connectivity index (χ0) is 19.6. The van der Waals surface area contributed by atoms with E-state index in [9.17, 15) is 9.59 Å². The second-order valence-electron chi connectivity index (χ2n) is 7.38. The molecule has 1 aliphatic rings. The molecule has 27 heavy (non-hydrogen) atoms. The van der Waals surface area contributed by atoms with E-state index in [1.165, 1.54) is 0 Å². The Morgan fingerprint density at radius 3 is 2.89 bits per heavy atom. The number of urea groups is 1. The highest BCUT2D eigenvalue weighted by Crippen LogP contribution is 2.23. The molecule has 1 saturated heterocycles. The quantitative estimate of drug-likeness (QED) is 0.855. The van der Waals surface area contributed by atoms with Gasteiger partial charge in [0.25, 0.3) is 0 Å². The Kier molecular flexibility index (Phi) is 5.79. The second kappa shape index (κ2) is 8.08. The van der Waals surface area contributed by atoms with Crippen molar-refractivity contribution in [2.24, 2.45) is 0 Å². The first-order chi connectivity index (χ1) is 12.8. The van der Waals surface area contributed by atoms with Crippen molar-refractivity contribution in [2.45, 2.75) is 45.7 Å². The molecule has 1 aromatic heterocycles. The molecule has 3 amide bonds. The number of benzene rings is 1. The van der Waals surface area contributed by atoms with Crippen LogP contribution in [0.25, 0.3) is 0 Å². The molecule has 0 aliphatic carbocycles. The fraction of sp³-hybridized carbons (Fsp3) is 0.450. The molecular formula is C20H26N4O2S. The lowest BCUT2D eigenvalue weighted by Gasteiger charge is -2.21. The molecule has 0 saturated carbocycles. The molecule has 1 atom stereocenters. The van der Waals surface area contributed by atoms with Crippen LogP contribution in [0.3, 0.4) is 0 Å². The summed E-state index contributed by atoms with van der Waals surface area (Å²) >= 11 is 1.62. The Morgan fingerprint density at radius 1 is 1.44 bits per heavy atom. The van der Waals surface area contributed by atoms with Crippen LogP contribution in [-0.4, -0.2) is 41.5 Å². The highest BCUT2D eigenvalue weighted by molar-refractivity contribution is 7.09. The van der Waals surface area contributed by atoms with Crippen LogP contribution in [-0.2, 0) is 11.3 Å². The lowest BCUT2D eigenvalue weighted by Crippen LogP contribution is -2.44. The van der Waals surface area contributed by atoms with Crippen LogP contribution in [0.15, 0.2) is 29.6 Å². The maximum absolute atomic E-state index is 12.5.